The molecule has 19 heavy (non-hydrogen) atoms. The zero-order valence-corrected chi connectivity index (χ0v) is 13.2. The molecule has 0 bridgehead atoms. The first-order chi connectivity index (χ1) is 9.08. The third kappa shape index (κ3) is 3.56. The fraction of sp³-hybridized carbons (Fsp3) is 0.188. The number of hydrogen-bond acceptors (Lipinski definition) is 1. The highest BCUT2D eigenvalue weighted by Crippen LogP contribution is 2.16. The Morgan fingerprint density at radius 1 is 1.16 bits per heavy atom. The summed E-state index contributed by atoms with van der Waals surface area (Å²) in [6.45, 7) is 4.62. The van der Waals surface area contributed by atoms with E-state index in [1.165, 1.54) is 5.56 Å². The molecule has 0 aromatic heterocycles. The Morgan fingerprint density at radius 2 is 1.89 bits per heavy atom. The highest BCUT2D eigenvalue weighted by atomic mass is 127. The molecule has 0 radical (unpaired) electrons. The van der Waals surface area contributed by atoms with Crippen LogP contribution in [0.5, 0.6) is 0 Å². The molecule has 2 aromatic rings. The van der Waals surface area contributed by atoms with E-state index in [-0.39, 0.29) is 5.91 Å². The molecular formula is C16H16INO. The maximum absolute atomic E-state index is 12.2. The summed E-state index contributed by atoms with van der Waals surface area (Å²) in [5.41, 5.74) is 4.20. The van der Waals surface area contributed by atoms with E-state index in [9.17, 15) is 4.79 Å². The third-order valence-electron chi connectivity index (χ3n) is 2.97. The highest BCUT2D eigenvalue weighted by Gasteiger charge is 2.10. The molecule has 0 aliphatic heterocycles. The van der Waals surface area contributed by atoms with Crippen LogP contribution >= 0.6 is 22.6 Å². The maximum atomic E-state index is 12.2. The van der Waals surface area contributed by atoms with Crippen molar-refractivity contribution in [3.05, 3.63) is 68.3 Å². The van der Waals surface area contributed by atoms with E-state index >= 15 is 0 Å². The topological polar surface area (TPSA) is 29.1 Å². The van der Waals surface area contributed by atoms with Crippen molar-refractivity contribution in [2.24, 2.45) is 0 Å². The van der Waals surface area contributed by atoms with E-state index < -0.39 is 0 Å². The fourth-order valence-corrected chi connectivity index (χ4v) is 2.53. The lowest BCUT2D eigenvalue weighted by Gasteiger charge is -2.09. The molecular weight excluding hydrogens is 349 g/mol. The minimum atomic E-state index is -0.0189. The van der Waals surface area contributed by atoms with Crippen molar-refractivity contribution in [2.45, 2.75) is 20.4 Å². The SMILES string of the molecule is Cc1cccc(CNC(=O)c2cccc(C)c2I)c1. The second-order valence-electron chi connectivity index (χ2n) is 4.61. The van der Waals surface area contributed by atoms with Crippen LogP contribution in [-0.4, -0.2) is 5.91 Å². The van der Waals surface area contributed by atoms with Gasteiger partial charge in [-0.15, -0.1) is 0 Å². The van der Waals surface area contributed by atoms with Gasteiger partial charge >= 0.3 is 0 Å². The first-order valence-corrected chi connectivity index (χ1v) is 7.24. The standard InChI is InChI=1S/C16H16INO/c1-11-5-3-7-13(9-11)10-18-16(19)14-8-4-6-12(2)15(14)17/h3-9H,10H2,1-2H3,(H,18,19). The molecule has 0 aliphatic carbocycles. The van der Waals surface area contributed by atoms with Gasteiger partial charge in [0.2, 0.25) is 0 Å². The van der Waals surface area contributed by atoms with Crippen molar-refractivity contribution in [3.8, 4) is 0 Å². The van der Waals surface area contributed by atoms with Crippen LogP contribution in [0.3, 0.4) is 0 Å². The number of hydrogen-bond donors (Lipinski definition) is 1. The number of carbonyl (C=O) groups is 1. The van der Waals surface area contributed by atoms with E-state index in [1.54, 1.807) is 0 Å². The summed E-state index contributed by atoms with van der Waals surface area (Å²) in [5, 5.41) is 2.97. The summed E-state index contributed by atoms with van der Waals surface area (Å²) in [5.74, 6) is -0.0189. The third-order valence-corrected chi connectivity index (χ3v) is 4.40. The van der Waals surface area contributed by atoms with Gasteiger partial charge in [0.25, 0.3) is 5.91 Å². The minimum Gasteiger partial charge on any atom is -0.348 e. The molecule has 2 nitrogen and oxygen atoms in total. The summed E-state index contributed by atoms with van der Waals surface area (Å²) < 4.78 is 1.02. The Bertz CT molecular complexity index is 607. The molecule has 0 saturated heterocycles. The molecule has 0 atom stereocenters. The first kappa shape index (κ1) is 14.1. The maximum Gasteiger partial charge on any atom is 0.252 e. The van der Waals surface area contributed by atoms with Gasteiger partial charge in [0.05, 0.1) is 5.56 Å². The van der Waals surface area contributed by atoms with Crippen LogP contribution in [0.1, 0.15) is 27.0 Å². The van der Waals surface area contributed by atoms with Gasteiger partial charge in [0, 0.05) is 10.1 Å². The highest BCUT2D eigenvalue weighted by molar-refractivity contribution is 14.1. The van der Waals surface area contributed by atoms with E-state index in [4.69, 9.17) is 0 Å². The van der Waals surface area contributed by atoms with Gasteiger partial charge in [-0.2, -0.15) is 0 Å². The Kier molecular flexibility index (Phi) is 4.58. The molecule has 0 saturated carbocycles. The molecule has 0 aliphatic rings. The summed E-state index contributed by atoms with van der Waals surface area (Å²) in [6, 6.07) is 14.0. The van der Waals surface area contributed by atoms with Crippen LogP contribution in [0.4, 0.5) is 0 Å². The van der Waals surface area contributed by atoms with E-state index in [2.05, 4.69) is 47.0 Å². The van der Waals surface area contributed by atoms with Gasteiger partial charge in [-0.1, -0.05) is 42.0 Å². The van der Waals surface area contributed by atoms with Crippen LogP contribution in [0, 0.1) is 17.4 Å². The first-order valence-electron chi connectivity index (χ1n) is 6.17. The number of amides is 1. The van der Waals surface area contributed by atoms with Crippen molar-refractivity contribution in [1.29, 1.82) is 0 Å². The normalized spacial score (nSPS) is 10.3. The van der Waals surface area contributed by atoms with Crippen molar-refractivity contribution < 1.29 is 4.79 Å². The monoisotopic (exact) mass is 365 g/mol. The average Bonchev–Trinajstić information content (AvgIpc) is 2.39. The Labute approximate surface area is 127 Å². The van der Waals surface area contributed by atoms with Gasteiger partial charge in [0.1, 0.15) is 0 Å². The zero-order chi connectivity index (χ0) is 13.8. The molecule has 2 aromatic carbocycles. The fourth-order valence-electron chi connectivity index (χ4n) is 1.92. The van der Waals surface area contributed by atoms with Crippen LogP contribution in [0.2, 0.25) is 0 Å². The quantitative estimate of drug-likeness (QED) is 0.823. The van der Waals surface area contributed by atoms with Gasteiger partial charge in [-0.3, -0.25) is 4.79 Å². The molecule has 3 heteroatoms. The number of aryl methyl sites for hydroxylation is 2. The summed E-state index contributed by atoms with van der Waals surface area (Å²) in [7, 11) is 0. The zero-order valence-electron chi connectivity index (χ0n) is 11.0. The van der Waals surface area contributed by atoms with Crippen molar-refractivity contribution in [3.63, 3.8) is 0 Å². The van der Waals surface area contributed by atoms with Crippen molar-refractivity contribution >= 4 is 28.5 Å². The van der Waals surface area contributed by atoms with Crippen molar-refractivity contribution in [2.75, 3.05) is 0 Å². The molecule has 0 fully saturated rings. The predicted molar refractivity (Wildman–Crippen MR) is 86.2 cm³/mol. The minimum absolute atomic E-state index is 0.0189. The number of nitrogens with one attached hydrogen (secondary N) is 1. The molecule has 2 rings (SSSR count). The number of halogens is 1. The number of carbonyl (C=O) groups excluding carboxylic acids is 1. The summed E-state index contributed by atoms with van der Waals surface area (Å²) >= 11 is 2.22. The van der Waals surface area contributed by atoms with Crippen LogP contribution in [0.15, 0.2) is 42.5 Å². The molecule has 0 unspecified atom stereocenters. The lowest BCUT2D eigenvalue weighted by atomic mass is 10.1. The Hall–Kier alpha value is -1.36. The predicted octanol–water partition coefficient (Wildman–Crippen LogP) is 3.84. The number of rotatable bonds is 3. The summed E-state index contributed by atoms with van der Waals surface area (Å²) in [4.78, 5) is 12.2. The van der Waals surface area contributed by atoms with Gasteiger partial charge < -0.3 is 5.32 Å². The second kappa shape index (κ2) is 6.19. The van der Waals surface area contributed by atoms with Crippen LogP contribution in [0.25, 0.3) is 0 Å². The van der Waals surface area contributed by atoms with Gasteiger partial charge in [-0.25, -0.2) is 0 Å². The largest absolute Gasteiger partial charge is 0.348 e. The van der Waals surface area contributed by atoms with Crippen molar-refractivity contribution in [1.82, 2.24) is 5.32 Å². The molecule has 1 N–H and O–H groups in total. The van der Waals surface area contributed by atoms with Gasteiger partial charge in [0.15, 0.2) is 0 Å². The van der Waals surface area contributed by atoms with Crippen LogP contribution < -0.4 is 5.32 Å². The molecule has 0 spiro atoms. The Balaban J connectivity index is 2.08. The number of benzene rings is 2. The summed E-state index contributed by atoms with van der Waals surface area (Å²) in [6.07, 6.45) is 0. The Morgan fingerprint density at radius 3 is 2.63 bits per heavy atom. The van der Waals surface area contributed by atoms with Crippen LogP contribution in [-0.2, 0) is 6.54 Å². The smallest absolute Gasteiger partial charge is 0.252 e. The lowest BCUT2D eigenvalue weighted by Crippen LogP contribution is -2.23. The van der Waals surface area contributed by atoms with Gasteiger partial charge in [-0.05, 0) is 53.6 Å². The van der Waals surface area contributed by atoms with E-state index in [0.29, 0.717) is 6.54 Å². The molecule has 0 heterocycles. The van der Waals surface area contributed by atoms with E-state index in [1.807, 2.05) is 37.3 Å². The molecule has 98 valence electrons. The lowest BCUT2D eigenvalue weighted by molar-refractivity contribution is 0.0950. The molecule has 1 amide bonds. The average molecular weight is 365 g/mol. The second-order valence-corrected chi connectivity index (χ2v) is 5.69. The van der Waals surface area contributed by atoms with E-state index in [0.717, 1.165) is 20.3 Å².